The lowest BCUT2D eigenvalue weighted by molar-refractivity contribution is 0.392. The van der Waals surface area contributed by atoms with Crippen LogP contribution in [0.2, 0.25) is 4.34 Å². The van der Waals surface area contributed by atoms with E-state index in [1.54, 1.807) is 6.07 Å². The minimum Gasteiger partial charge on any atom is -0.314 e. The van der Waals surface area contributed by atoms with Crippen molar-refractivity contribution >= 4 is 33.0 Å². The van der Waals surface area contributed by atoms with Crippen LogP contribution in [0.1, 0.15) is 30.6 Å². The second-order valence-corrected chi connectivity index (χ2v) is 8.51. The molecule has 0 spiro atoms. The minimum absolute atomic E-state index is 0.184. The molecule has 1 saturated heterocycles. The van der Waals surface area contributed by atoms with E-state index in [1.807, 2.05) is 6.07 Å². The molecule has 0 saturated carbocycles. The maximum atomic E-state index is 11.9. The van der Waals surface area contributed by atoms with Gasteiger partial charge in [0.1, 0.15) is 0 Å². The summed E-state index contributed by atoms with van der Waals surface area (Å²) in [6.45, 7) is 1.34. The quantitative estimate of drug-likeness (QED) is 0.845. The lowest BCUT2D eigenvalue weighted by Gasteiger charge is -2.23. The number of hydrogen-bond acceptors (Lipinski definition) is 4. The molecule has 0 amide bonds. The van der Waals surface area contributed by atoms with Gasteiger partial charge in [-0.05, 0) is 37.9 Å². The Morgan fingerprint density at radius 1 is 1.42 bits per heavy atom. The van der Waals surface area contributed by atoms with Crippen molar-refractivity contribution in [3.8, 4) is 0 Å². The highest BCUT2D eigenvalue weighted by atomic mass is 35.5. The van der Waals surface area contributed by atoms with E-state index in [2.05, 4.69) is 10.0 Å². The molecule has 2 heterocycles. The summed E-state index contributed by atoms with van der Waals surface area (Å²) < 4.78 is 27.1. The second-order valence-electron chi connectivity index (χ2n) is 4.78. The number of rotatable bonds is 6. The highest BCUT2D eigenvalue weighted by molar-refractivity contribution is 7.89. The van der Waals surface area contributed by atoms with Crippen molar-refractivity contribution in [2.45, 2.75) is 38.3 Å². The Bertz CT molecular complexity index is 496. The standard InChI is InChI=1S/C12H19ClN2O2S2/c13-12-5-4-11(18-12)9-15-19(16,17)8-6-10-3-1-2-7-14-10/h4-5,10,14-15H,1-3,6-9H2. The van der Waals surface area contributed by atoms with Crippen molar-refractivity contribution in [2.24, 2.45) is 0 Å². The molecule has 0 radical (unpaired) electrons. The SMILES string of the molecule is O=S(=O)(CCC1CCCCN1)NCc1ccc(Cl)s1. The molecule has 1 aromatic rings. The molecule has 7 heteroatoms. The van der Waals surface area contributed by atoms with Crippen LogP contribution in [0, 0.1) is 0 Å². The molecule has 0 aromatic carbocycles. The number of piperidine rings is 1. The van der Waals surface area contributed by atoms with Crippen molar-refractivity contribution in [1.82, 2.24) is 10.0 Å². The lowest BCUT2D eigenvalue weighted by atomic mass is 10.0. The molecular weight excluding hydrogens is 304 g/mol. The molecule has 2 rings (SSSR count). The van der Waals surface area contributed by atoms with Crippen LogP contribution >= 0.6 is 22.9 Å². The highest BCUT2D eigenvalue weighted by Crippen LogP contribution is 2.21. The van der Waals surface area contributed by atoms with Crippen molar-refractivity contribution in [2.75, 3.05) is 12.3 Å². The number of sulfonamides is 1. The lowest BCUT2D eigenvalue weighted by Crippen LogP contribution is -2.37. The van der Waals surface area contributed by atoms with Crippen LogP contribution in [0.5, 0.6) is 0 Å². The molecule has 1 atom stereocenters. The first-order chi connectivity index (χ1) is 9.05. The molecule has 1 unspecified atom stereocenters. The Labute approximate surface area is 123 Å². The molecule has 108 valence electrons. The monoisotopic (exact) mass is 322 g/mol. The third kappa shape index (κ3) is 5.39. The van der Waals surface area contributed by atoms with Gasteiger partial charge in [0, 0.05) is 17.5 Å². The van der Waals surface area contributed by atoms with Gasteiger partial charge >= 0.3 is 0 Å². The van der Waals surface area contributed by atoms with Gasteiger partial charge in [0.25, 0.3) is 0 Å². The molecule has 1 fully saturated rings. The Hall–Kier alpha value is -0.140. The molecule has 0 bridgehead atoms. The fourth-order valence-corrected chi connectivity index (χ4v) is 4.40. The van der Waals surface area contributed by atoms with Gasteiger partial charge in [0.05, 0.1) is 10.1 Å². The first kappa shape index (κ1) is 15.3. The van der Waals surface area contributed by atoms with E-state index in [0.717, 1.165) is 17.8 Å². The fourth-order valence-electron chi connectivity index (χ4n) is 2.17. The fraction of sp³-hybridized carbons (Fsp3) is 0.667. The third-order valence-corrected chi connectivity index (χ3v) is 5.83. The van der Waals surface area contributed by atoms with Gasteiger partial charge in [-0.25, -0.2) is 13.1 Å². The second kappa shape index (κ2) is 7.04. The van der Waals surface area contributed by atoms with E-state index in [9.17, 15) is 8.42 Å². The van der Waals surface area contributed by atoms with Gasteiger partial charge in [-0.3, -0.25) is 0 Å². The van der Waals surface area contributed by atoms with Gasteiger partial charge in [0.2, 0.25) is 10.0 Å². The van der Waals surface area contributed by atoms with E-state index in [4.69, 9.17) is 11.6 Å². The third-order valence-electron chi connectivity index (χ3n) is 3.24. The van der Waals surface area contributed by atoms with Crippen LogP contribution in [0.15, 0.2) is 12.1 Å². The summed E-state index contributed by atoms with van der Waals surface area (Å²) in [5.41, 5.74) is 0. The minimum atomic E-state index is -3.20. The number of halogens is 1. The van der Waals surface area contributed by atoms with Crippen LogP contribution in [0.3, 0.4) is 0 Å². The van der Waals surface area contributed by atoms with Gasteiger partial charge in [-0.2, -0.15) is 0 Å². The summed E-state index contributed by atoms with van der Waals surface area (Å²) >= 11 is 7.21. The average Bonchev–Trinajstić information content (AvgIpc) is 2.82. The summed E-state index contributed by atoms with van der Waals surface area (Å²) in [5.74, 6) is 0.184. The molecule has 19 heavy (non-hydrogen) atoms. The first-order valence-corrected chi connectivity index (χ1v) is 9.35. The summed E-state index contributed by atoms with van der Waals surface area (Å²) in [7, 11) is -3.20. The molecule has 4 nitrogen and oxygen atoms in total. The Kier molecular flexibility index (Phi) is 5.65. The maximum Gasteiger partial charge on any atom is 0.211 e. The maximum absolute atomic E-state index is 11.9. The van der Waals surface area contributed by atoms with E-state index in [0.29, 0.717) is 23.3 Å². The summed E-state index contributed by atoms with van der Waals surface area (Å²) in [5, 5.41) is 3.36. The van der Waals surface area contributed by atoms with Crippen LogP contribution in [-0.2, 0) is 16.6 Å². The van der Waals surface area contributed by atoms with Crippen LogP contribution < -0.4 is 10.0 Å². The summed E-state index contributed by atoms with van der Waals surface area (Å²) in [6, 6.07) is 3.97. The normalized spacial score (nSPS) is 20.6. The zero-order chi connectivity index (χ0) is 13.7. The van der Waals surface area contributed by atoms with Crippen molar-refractivity contribution in [3.63, 3.8) is 0 Å². The van der Waals surface area contributed by atoms with Crippen molar-refractivity contribution in [1.29, 1.82) is 0 Å². The van der Waals surface area contributed by atoms with E-state index < -0.39 is 10.0 Å². The Morgan fingerprint density at radius 2 is 2.26 bits per heavy atom. The average molecular weight is 323 g/mol. The summed E-state index contributed by atoms with van der Waals surface area (Å²) in [6.07, 6.45) is 4.15. The Balaban J connectivity index is 1.75. The topological polar surface area (TPSA) is 58.2 Å². The zero-order valence-electron chi connectivity index (χ0n) is 10.7. The molecular formula is C12H19ClN2O2S2. The van der Waals surface area contributed by atoms with Gasteiger partial charge in [-0.15, -0.1) is 11.3 Å². The Morgan fingerprint density at radius 3 is 2.89 bits per heavy atom. The van der Waals surface area contributed by atoms with Crippen LogP contribution in [0.4, 0.5) is 0 Å². The predicted octanol–water partition coefficient (Wildman–Crippen LogP) is 2.35. The van der Waals surface area contributed by atoms with Crippen LogP contribution in [-0.4, -0.2) is 26.8 Å². The van der Waals surface area contributed by atoms with E-state index >= 15 is 0 Å². The van der Waals surface area contributed by atoms with Crippen molar-refractivity contribution < 1.29 is 8.42 Å². The van der Waals surface area contributed by atoms with Gasteiger partial charge in [-0.1, -0.05) is 18.0 Å². The van der Waals surface area contributed by atoms with E-state index in [1.165, 1.54) is 24.2 Å². The number of hydrogen-bond donors (Lipinski definition) is 2. The van der Waals surface area contributed by atoms with Gasteiger partial charge < -0.3 is 5.32 Å². The summed E-state index contributed by atoms with van der Waals surface area (Å²) in [4.78, 5) is 0.935. The molecule has 0 aliphatic carbocycles. The zero-order valence-corrected chi connectivity index (χ0v) is 13.1. The largest absolute Gasteiger partial charge is 0.314 e. The van der Waals surface area contributed by atoms with Gasteiger partial charge in [0.15, 0.2) is 0 Å². The number of nitrogens with one attached hydrogen (secondary N) is 2. The molecule has 1 aliphatic heterocycles. The van der Waals surface area contributed by atoms with Crippen molar-refractivity contribution in [3.05, 3.63) is 21.3 Å². The van der Waals surface area contributed by atoms with E-state index in [-0.39, 0.29) is 5.75 Å². The molecule has 1 aromatic heterocycles. The first-order valence-electron chi connectivity index (χ1n) is 6.50. The highest BCUT2D eigenvalue weighted by Gasteiger charge is 2.17. The molecule has 2 N–H and O–H groups in total. The predicted molar refractivity (Wildman–Crippen MR) is 80.2 cm³/mol. The van der Waals surface area contributed by atoms with Crippen LogP contribution in [0.25, 0.3) is 0 Å². The number of thiophene rings is 1. The smallest absolute Gasteiger partial charge is 0.211 e. The molecule has 1 aliphatic rings.